The monoisotopic (exact) mass is 220 g/mol. The predicted octanol–water partition coefficient (Wildman–Crippen LogP) is 0.982. The summed E-state index contributed by atoms with van der Waals surface area (Å²) in [5.41, 5.74) is 7.99. The molecule has 3 nitrogen and oxygen atoms in total. The number of carbonyl (C=O) groups excluding carboxylic acids is 1. The van der Waals surface area contributed by atoms with Gasteiger partial charge < -0.3 is 10.6 Å². The van der Waals surface area contributed by atoms with E-state index in [-0.39, 0.29) is 23.8 Å². The van der Waals surface area contributed by atoms with Gasteiger partial charge in [-0.05, 0) is 29.7 Å². The maximum Gasteiger partial charge on any atom is 0.224 e. The van der Waals surface area contributed by atoms with Crippen LogP contribution >= 0.6 is 0 Å². The summed E-state index contributed by atoms with van der Waals surface area (Å²) in [7, 11) is 0. The van der Waals surface area contributed by atoms with Crippen molar-refractivity contribution >= 4 is 5.91 Å². The lowest BCUT2D eigenvalue weighted by Crippen LogP contribution is -2.38. The minimum absolute atomic E-state index is 0.0446. The molecule has 1 aromatic rings. The lowest BCUT2D eigenvalue weighted by molar-refractivity contribution is -0.129. The third-order valence-electron chi connectivity index (χ3n) is 3.52. The summed E-state index contributed by atoms with van der Waals surface area (Å²) < 4.78 is 13.1. The van der Waals surface area contributed by atoms with Gasteiger partial charge in [0.05, 0.1) is 6.04 Å². The molecule has 2 heterocycles. The number of nitrogens with two attached hydrogens (primary N) is 1. The second kappa shape index (κ2) is 3.28. The number of rotatable bonds is 0. The fourth-order valence-corrected chi connectivity index (χ4v) is 2.80. The molecular weight excluding hydrogens is 207 g/mol. The van der Waals surface area contributed by atoms with Gasteiger partial charge >= 0.3 is 0 Å². The van der Waals surface area contributed by atoms with E-state index in [1.165, 1.54) is 6.07 Å². The molecule has 2 aliphatic rings. The zero-order valence-corrected chi connectivity index (χ0v) is 8.82. The Balaban J connectivity index is 2.09. The molecule has 0 spiro atoms. The molecule has 4 heteroatoms. The molecule has 0 saturated carbocycles. The van der Waals surface area contributed by atoms with Crippen LogP contribution in [0.3, 0.4) is 0 Å². The normalized spacial score (nSPS) is 27.9. The van der Waals surface area contributed by atoms with Crippen LogP contribution in [0.15, 0.2) is 18.2 Å². The zero-order chi connectivity index (χ0) is 11.3. The number of carbonyl (C=O) groups is 1. The first kappa shape index (κ1) is 9.78. The third kappa shape index (κ3) is 1.26. The molecule has 0 aliphatic carbocycles. The van der Waals surface area contributed by atoms with E-state index < -0.39 is 0 Å². The third-order valence-corrected chi connectivity index (χ3v) is 3.52. The zero-order valence-electron chi connectivity index (χ0n) is 8.82. The molecule has 3 rings (SSSR count). The minimum atomic E-state index is -0.218. The van der Waals surface area contributed by atoms with Crippen LogP contribution in [0.1, 0.15) is 23.6 Å². The molecule has 1 aromatic carbocycles. The predicted molar refractivity (Wildman–Crippen MR) is 57.2 cm³/mol. The Morgan fingerprint density at radius 2 is 2.25 bits per heavy atom. The van der Waals surface area contributed by atoms with Crippen molar-refractivity contribution in [1.29, 1.82) is 0 Å². The quantitative estimate of drug-likeness (QED) is 0.708. The highest BCUT2D eigenvalue weighted by Crippen LogP contribution is 2.37. The first-order valence-electron chi connectivity index (χ1n) is 5.50. The Morgan fingerprint density at radius 3 is 3.06 bits per heavy atom. The summed E-state index contributed by atoms with van der Waals surface area (Å²) in [5, 5.41) is 0. The molecule has 2 unspecified atom stereocenters. The van der Waals surface area contributed by atoms with Crippen LogP contribution in [0.4, 0.5) is 4.39 Å². The molecule has 2 atom stereocenters. The SMILES string of the molecule is NC1CC(=O)N2CCc3cc(F)ccc3C12. The van der Waals surface area contributed by atoms with Gasteiger partial charge in [-0.1, -0.05) is 6.07 Å². The molecule has 0 aromatic heterocycles. The fraction of sp³-hybridized carbons (Fsp3) is 0.417. The van der Waals surface area contributed by atoms with Gasteiger partial charge in [0.2, 0.25) is 5.91 Å². The maximum absolute atomic E-state index is 13.1. The summed E-state index contributed by atoms with van der Waals surface area (Å²) >= 11 is 0. The van der Waals surface area contributed by atoms with Crippen LogP contribution in [0, 0.1) is 5.82 Å². The topological polar surface area (TPSA) is 46.3 Å². The van der Waals surface area contributed by atoms with Crippen LogP contribution in [0.5, 0.6) is 0 Å². The lowest BCUT2D eigenvalue weighted by Gasteiger charge is -2.33. The van der Waals surface area contributed by atoms with Gasteiger partial charge in [-0.2, -0.15) is 0 Å². The molecule has 1 saturated heterocycles. The smallest absolute Gasteiger partial charge is 0.224 e. The Bertz CT molecular complexity index is 460. The minimum Gasteiger partial charge on any atom is -0.334 e. The summed E-state index contributed by atoms with van der Waals surface area (Å²) in [5.74, 6) is -0.0995. The van der Waals surface area contributed by atoms with Gasteiger partial charge in [-0.25, -0.2) is 4.39 Å². The highest BCUT2D eigenvalue weighted by atomic mass is 19.1. The van der Waals surface area contributed by atoms with Crippen LogP contribution in [0.2, 0.25) is 0 Å². The van der Waals surface area contributed by atoms with Crippen molar-refractivity contribution in [3.8, 4) is 0 Å². The molecule has 2 aliphatic heterocycles. The van der Waals surface area contributed by atoms with Crippen LogP contribution in [-0.2, 0) is 11.2 Å². The average Bonchev–Trinajstić information content (AvgIpc) is 2.54. The maximum atomic E-state index is 13.1. The Labute approximate surface area is 93.0 Å². The highest BCUT2D eigenvalue weighted by molar-refractivity contribution is 5.81. The average molecular weight is 220 g/mol. The van der Waals surface area contributed by atoms with E-state index in [4.69, 9.17) is 5.73 Å². The van der Waals surface area contributed by atoms with E-state index in [9.17, 15) is 9.18 Å². The van der Waals surface area contributed by atoms with Crippen molar-refractivity contribution in [2.45, 2.75) is 24.9 Å². The van der Waals surface area contributed by atoms with Crippen LogP contribution in [0.25, 0.3) is 0 Å². The first-order valence-corrected chi connectivity index (χ1v) is 5.50. The number of halogens is 1. The molecule has 2 N–H and O–H groups in total. The summed E-state index contributed by atoms with van der Waals surface area (Å²) in [6.07, 6.45) is 1.13. The number of benzene rings is 1. The second-order valence-electron chi connectivity index (χ2n) is 4.49. The van der Waals surface area contributed by atoms with Gasteiger partial charge in [0, 0.05) is 19.0 Å². The van der Waals surface area contributed by atoms with Crippen molar-refractivity contribution < 1.29 is 9.18 Å². The van der Waals surface area contributed by atoms with E-state index in [2.05, 4.69) is 0 Å². The Morgan fingerprint density at radius 1 is 1.44 bits per heavy atom. The number of nitrogens with zero attached hydrogens (tertiary/aromatic N) is 1. The first-order chi connectivity index (χ1) is 7.66. The number of hydrogen-bond acceptors (Lipinski definition) is 2. The molecule has 1 fully saturated rings. The summed E-state index contributed by atoms with van der Waals surface area (Å²) in [6.45, 7) is 0.660. The van der Waals surface area contributed by atoms with Gasteiger partial charge in [0.15, 0.2) is 0 Å². The van der Waals surface area contributed by atoms with Crippen LogP contribution in [-0.4, -0.2) is 23.4 Å². The summed E-state index contributed by atoms with van der Waals surface area (Å²) in [6, 6.07) is 4.56. The fourth-order valence-electron chi connectivity index (χ4n) is 2.80. The van der Waals surface area contributed by atoms with Crippen molar-refractivity contribution in [2.24, 2.45) is 5.73 Å². The molecular formula is C12H13FN2O. The summed E-state index contributed by atoms with van der Waals surface area (Å²) in [4.78, 5) is 13.5. The number of amides is 1. The van der Waals surface area contributed by atoms with Gasteiger partial charge in [0.25, 0.3) is 0 Å². The second-order valence-corrected chi connectivity index (χ2v) is 4.49. The largest absolute Gasteiger partial charge is 0.334 e. The molecule has 1 amide bonds. The van der Waals surface area contributed by atoms with Gasteiger partial charge in [-0.15, -0.1) is 0 Å². The lowest BCUT2D eigenvalue weighted by atomic mass is 9.91. The van der Waals surface area contributed by atoms with E-state index in [1.54, 1.807) is 12.1 Å². The van der Waals surface area contributed by atoms with E-state index in [0.29, 0.717) is 13.0 Å². The molecule has 0 bridgehead atoms. The molecule has 16 heavy (non-hydrogen) atoms. The van der Waals surface area contributed by atoms with E-state index in [0.717, 1.165) is 17.5 Å². The van der Waals surface area contributed by atoms with E-state index in [1.807, 2.05) is 4.90 Å². The standard InChI is InChI=1S/C12H13FN2O/c13-8-1-2-9-7(5-8)3-4-15-11(16)6-10(14)12(9)15/h1-2,5,10,12H,3-4,6,14H2. The van der Waals surface area contributed by atoms with Crippen molar-refractivity contribution in [3.05, 3.63) is 35.1 Å². The van der Waals surface area contributed by atoms with Crippen LogP contribution < -0.4 is 5.73 Å². The van der Waals surface area contributed by atoms with Crippen molar-refractivity contribution in [2.75, 3.05) is 6.54 Å². The van der Waals surface area contributed by atoms with Crippen molar-refractivity contribution in [1.82, 2.24) is 4.90 Å². The van der Waals surface area contributed by atoms with Gasteiger partial charge in [0.1, 0.15) is 5.82 Å². The highest BCUT2D eigenvalue weighted by Gasteiger charge is 2.41. The number of hydrogen-bond donors (Lipinski definition) is 1. The van der Waals surface area contributed by atoms with Crippen molar-refractivity contribution in [3.63, 3.8) is 0 Å². The Hall–Kier alpha value is -1.42. The molecule has 84 valence electrons. The van der Waals surface area contributed by atoms with E-state index >= 15 is 0 Å². The molecule has 0 radical (unpaired) electrons. The Kier molecular flexibility index (Phi) is 2.01. The van der Waals surface area contributed by atoms with Gasteiger partial charge in [-0.3, -0.25) is 4.79 Å². The number of fused-ring (bicyclic) bond motifs is 3.